The molecule has 0 aliphatic carbocycles. The summed E-state index contributed by atoms with van der Waals surface area (Å²) < 4.78 is 9.84. The summed E-state index contributed by atoms with van der Waals surface area (Å²) in [6.07, 6.45) is 2.99. The normalized spacial score (nSPS) is 10.1. The minimum Gasteiger partial charge on any atom is -0.494 e. The van der Waals surface area contributed by atoms with Gasteiger partial charge in [0.25, 0.3) is 11.7 Å². The van der Waals surface area contributed by atoms with Crippen LogP contribution >= 0.6 is 0 Å². The Bertz CT molecular complexity index is 523. The Labute approximate surface area is 89.7 Å². The molecule has 7 heteroatoms. The van der Waals surface area contributed by atoms with Crippen LogP contribution in [0.1, 0.15) is 10.6 Å². The third kappa shape index (κ3) is 1.70. The van der Waals surface area contributed by atoms with Crippen molar-refractivity contribution >= 4 is 5.97 Å². The topological polar surface area (TPSA) is 98.3 Å². The molecule has 1 N–H and O–H groups in total. The summed E-state index contributed by atoms with van der Waals surface area (Å²) in [5.74, 6) is -1.13. The van der Waals surface area contributed by atoms with Crippen LogP contribution in [0, 0.1) is 0 Å². The molecule has 0 atom stereocenters. The van der Waals surface area contributed by atoms with Crippen LogP contribution in [0.5, 0.6) is 5.75 Å². The zero-order valence-electron chi connectivity index (χ0n) is 8.25. The van der Waals surface area contributed by atoms with E-state index in [0.29, 0.717) is 11.3 Å². The van der Waals surface area contributed by atoms with Gasteiger partial charge in [-0.05, 0) is 11.2 Å². The van der Waals surface area contributed by atoms with Crippen LogP contribution in [-0.4, -0.2) is 33.3 Å². The first-order valence-electron chi connectivity index (χ1n) is 4.27. The number of methoxy groups -OCH3 is 1. The average molecular weight is 221 g/mol. The number of ether oxygens (including phenoxy) is 1. The van der Waals surface area contributed by atoms with E-state index in [1.54, 1.807) is 6.07 Å². The minimum absolute atomic E-state index is 0.0802. The molecule has 0 saturated carbocycles. The fraction of sp³-hybridized carbons (Fsp3) is 0.111. The lowest BCUT2D eigenvalue weighted by Gasteiger charge is -2.01. The molecule has 16 heavy (non-hydrogen) atoms. The Hall–Kier alpha value is -2.44. The molecule has 0 unspecified atom stereocenters. The highest BCUT2D eigenvalue weighted by Crippen LogP contribution is 2.26. The maximum atomic E-state index is 10.6. The van der Waals surface area contributed by atoms with Crippen LogP contribution in [-0.2, 0) is 0 Å². The van der Waals surface area contributed by atoms with Crippen LogP contribution in [0.15, 0.2) is 23.0 Å². The molecule has 0 aliphatic heterocycles. The third-order valence-electron chi connectivity index (χ3n) is 1.85. The van der Waals surface area contributed by atoms with Crippen molar-refractivity contribution in [3.63, 3.8) is 0 Å². The Kier molecular flexibility index (Phi) is 2.50. The number of aromatic carboxylic acids is 1. The van der Waals surface area contributed by atoms with Gasteiger partial charge in [-0.15, -0.1) is 0 Å². The van der Waals surface area contributed by atoms with Gasteiger partial charge in [-0.25, -0.2) is 4.79 Å². The highest BCUT2D eigenvalue weighted by Gasteiger charge is 2.16. The molecule has 7 nitrogen and oxygen atoms in total. The molecule has 0 amide bonds. The number of carboxylic acids is 1. The zero-order chi connectivity index (χ0) is 11.5. The van der Waals surface area contributed by atoms with E-state index in [1.165, 1.54) is 19.5 Å². The monoisotopic (exact) mass is 221 g/mol. The Morgan fingerprint density at radius 1 is 1.56 bits per heavy atom. The molecule has 0 fully saturated rings. The first-order chi connectivity index (χ1) is 7.72. The summed E-state index contributed by atoms with van der Waals surface area (Å²) in [7, 11) is 1.47. The molecule has 0 bridgehead atoms. The van der Waals surface area contributed by atoms with Crippen molar-refractivity contribution in [1.82, 2.24) is 15.1 Å². The van der Waals surface area contributed by atoms with Crippen molar-refractivity contribution in [1.29, 1.82) is 0 Å². The standard InChI is InChI=1S/C9H7N3O4/c1-15-6-4-10-3-2-5(6)8-11-7(9(13)14)12-16-8/h2-4H,1H3,(H,13,14). The van der Waals surface area contributed by atoms with Gasteiger partial charge < -0.3 is 14.4 Å². The molecule has 0 saturated heterocycles. The van der Waals surface area contributed by atoms with E-state index in [0.717, 1.165) is 0 Å². The zero-order valence-corrected chi connectivity index (χ0v) is 8.25. The minimum atomic E-state index is -1.25. The second kappa shape index (κ2) is 3.97. The van der Waals surface area contributed by atoms with Gasteiger partial charge in [-0.3, -0.25) is 4.98 Å². The second-order valence-electron chi connectivity index (χ2n) is 2.80. The van der Waals surface area contributed by atoms with E-state index in [4.69, 9.17) is 14.4 Å². The Morgan fingerprint density at radius 3 is 3.00 bits per heavy atom. The maximum Gasteiger partial charge on any atom is 0.377 e. The predicted octanol–water partition coefficient (Wildman–Crippen LogP) is 0.838. The number of pyridine rings is 1. The van der Waals surface area contributed by atoms with Gasteiger partial charge in [0.1, 0.15) is 5.75 Å². The molecule has 2 heterocycles. The lowest BCUT2D eigenvalue weighted by molar-refractivity contribution is 0.0680. The van der Waals surface area contributed by atoms with Gasteiger partial charge in [0, 0.05) is 6.20 Å². The van der Waals surface area contributed by atoms with Gasteiger partial charge in [-0.2, -0.15) is 4.98 Å². The smallest absolute Gasteiger partial charge is 0.377 e. The summed E-state index contributed by atoms with van der Waals surface area (Å²) in [5.41, 5.74) is 0.498. The fourth-order valence-corrected chi connectivity index (χ4v) is 1.14. The molecule has 2 rings (SSSR count). The van der Waals surface area contributed by atoms with Crippen LogP contribution < -0.4 is 4.74 Å². The molecular formula is C9H7N3O4. The largest absolute Gasteiger partial charge is 0.494 e. The molecule has 82 valence electrons. The van der Waals surface area contributed by atoms with Gasteiger partial charge in [-0.1, -0.05) is 0 Å². The van der Waals surface area contributed by atoms with Crippen LogP contribution in [0.25, 0.3) is 11.5 Å². The van der Waals surface area contributed by atoms with E-state index in [-0.39, 0.29) is 5.89 Å². The third-order valence-corrected chi connectivity index (χ3v) is 1.85. The number of nitrogens with zero attached hydrogens (tertiary/aromatic N) is 3. The van der Waals surface area contributed by atoms with Crippen molar-refractivity contribution in [2.24, 2.45) is 0 Å². The molecule has 0 radical (unpaired) electrons. The van der Waals surface area contributed by atoms with Crippen LogP contribution in [0.4, 0.5) is 0 Å². The van der Waals surface area contributed by atoms with E-state index in [9.17, 15) is 4.79 Å². The maximum absolute atomic E-state index is 10.6. The van der Waals surface area contributed by atoms with E-state index in [2.05, 4.69) is 15.1 Å². The highest BCUT2D eigenvalue weighted by atomic mass is 16.5. The van der Waals surface area contributed by atoms with Crippen LogP contribution in [0.2, 0.25) is 0 Å². The van der Waals surface area contributed by atoms with Crippen molar-refractivity contribution in [2.45, 2.75) is 0 Å². The van der Waals surface area contributed by atoms with Gasteiger partial charge in [0.2, 0.25) is 0 Å². The molecule has 0 aliphatic rings. The lowest BCUT2D eigenvalue weighted by atomic mass is 10.2. The summed E-state index contributed by atoms with van der Waals surface area (Å²) >= 11 is 0. The average Bonchev–Trinajstić information content (AvgIpc) is 2.78. The van der Waals surface area contributed by atoms with Crippen molar-refractivity contribution in [2.75, 3.05) is 7.11 Å². The van der Waals surface area contributed by atoms with E-state index < -0.39 is 11.8 Å². The number of hydrogen-bond acceptors (Lipinski definition) is 6. The van der Waals surface area contributed by atoms with E-state index in [1.807, 2.05) is 0 Å². The summed E-state index contributed by atoms with van der Waals surface area (Å²) in [4.78, 5) is 18.1. The predicted molar refractivity (Wildman–Crippen MR) is 51.0 cm³/mol. The van der Waals surface area contributed by atoms with Gasteiger partial charge >= 0.3 is 5.97 Å². The Balaban J connectivity index is 2.46. The SMILES string of the molecule is COc1cnccc1-c1nc(C(=O)O)no1. The first-order valence-corrected chi connectivity index (χ1v) is 4.27. The number of hydrogen-bond donors (Lipinski definition) is 1. The van der Waals surface area contributed by atoms with Gasteiger partial charge in [0.05, 0.1) is 18.9 Å². The van der Waals surface area contributed by atoms with Crippen LogP contribution in [0.3, 0.4) is 0 Å². The molecular weight excluding hydrogens is 214 g/mol. The quantitative estimate of drug-likeness (QED) is 0.819. The lowest BCUT2D eigenvalue weighted by Crippen LogP contribution is -1.98. The molecule has 0 spiro atoms. The Morgan fingerprint density at radius 2 is 2.38 bits per heavy atom. The van der Waals surface area contributed by atoms with Crippen molar-refractivity contribution in [3.8, 4) is 17.2 Å². The highest BCUT2D eigenvalue weighted by molar-refractivity contribution is 5.83. The number of carbonyl (C=O) groups is 1. The summed E-state index contributed by atoms with van der Waals surface area (Å²) in [5, 5.41) is 11.9. The number of carboxylic acid groups (broad SMARTS) is 1. The first kappa shape index (κ1) is 10.1. The van der Waals surface area contributed by atoms with Crippen molar-refractivity contribution in [3.05, 3.63) is 24.3 Å². The summed E-state index contributed by atoms with van der Waals surface area (Å²) in [6.45, 7) is 0. The molecule has 2 aromatic rings. The fourth-order valence-electron chi connectivity index (χ4n) is 1.14. The molecule has 2 aromatic heterocycles. The number of aromatic nitrogens is 3. The summed E-state index contributed by atoms with van der Waals surface area (Å²) in [6, 6.07) is 1.60. The number of rotatable bonds is 3. The van der Waals surface area contributed by atoms with Crippen molar-refractivity contribution < 1.29 is 19.2 Å². The second-order valence-corrected chi connectivity index (χ2v) is 2.80. The van der Waals surface area contributed by atoms with Gasteiger partial charge in [0.15, 0.2) is 0 Å². The van der Waals surface area contributed by atoms with E-state index >= 15 is 0 Å². The molecule has 0 aromatic carbocycles.